The van der Waals surface area contributed by atoms with E-state index in [2.05, 4.69) is 10.0 Å². The standard InChI is InChI=1S/C19H20N2O3S2/c1-13-4-10-18(24-3)17(12-13)20-15-6-8-16(9-7-15)21-26(22,23)19-11-5-14(2)25-19/h4-12,20-21H,1-3H3. The molecule has 2 aromatic carbocycles. The lowest BCUT2D eigenvalue weighted by Crippen LogP contribution is -2.11. The van der Waals surface area contributed by atoms with E-state index in [1.165, 1.54) is 11.3 Å². The number of hydrogen-bond donors (Lipinski definition) is 2. The van der Waals surface area contributed by atoms with Gasteiger partial charge in [0.05, 0.1) is 12.8 Å². The van der Waals surface area contributed by atoms with Gasteiger partial charge in [0.25, 0.3) is 10.0 Å². The maximum absolute atomic E-state index is 12.4. The number of ether oxygens (including phenoxy) is 1. The minimum atomic E-state index is -3.55. The van der Waals surface area contributed by atoms with Gasteiger partial charge in [-0.1, -0.05) is 6.07 Å². The van der Waals surface area contributed by atoms with Crippen LogP contribution in [-0.2, 0) is 10.0 Å². The van der Waals surface area contributed by atoms with Gasteiger partial charge in [0, 0.05) is 16.3 Å². The number of benzene rings is 2. The molecule has 0 saturated heterocycles. The molecule has 3 rings (SSSR count). The minimum Gasteiger partial charge on any atom is -0.495 e. The monoisotopic (exact) mass is 388 g/mol. The van der Waals surface area contributed by atoms with Gasteiger partial charge in [0.2, 0.25) is 0 Å². The second-order valence-electron chi connectivity index (χ2n) is 5.88. The second kappa shape index (κ2) is 7.39. The third-order valence-electron chi connectivity index (χ3n) is 3.75. The Hall–Kier alpha value is -2.51. The highest BCUT2D eigenvalue weighted by Gasteiger charge is 2.16. The van der Waals surface area contributed by atoms with Gasteiger partial charge in [-0.15, -0.1) is 11.3 Å². The summed E-state index contributed by atoms with van der Waals surface area (Å²) in [6.45, 7) is 3.89. The summed E-state index contributed by atoms with van der Waals surface area (Å²) in [7, 11) is -1.93. The third kappa shape index (κ3) is 4.17. The van der Waals surface area contributed by atoms with Crippen molar-refractivity contribution >= 4 is 38.4 Å². The van der Waals surface area contributed by atoms with Gasteiger partial charge in [-0.05, 0) is 67.9 Å². The molecule has 136 valence electrons. The number of nitrogens with one attached hydrogen (secondary N) is 2. The molecule has 1 aromatic heterocycles. The largest absolute Gasteiger partial charge is 0.495 e. The molecular weight excluding hydrogens is 368 g/mol. The summed E-state index contributed by atoms with van der Waals surface area (Å²) in [6.07, 6.45) is 0. The maximum Gasteiger partial charge on any atom is 0.271 e. The Bertz CT molecular complexity index is 1010. The Morgan fingerprint density at radius 2 is 1.62 bits per heavy atom. The lowest BCUT2D eigenvalue weighted by Gasteiger charge is -2.13. The summed E-state index contributed by atoms with van der Waals surface area (Å²) in [5.74, 6) is 0.744. The van der Waals surface area contributed by atoms with E-state index in [4.69, 9.17) is 4.74 Å². The average Bonchev–Trinajstić information content (AvgIpc) is 3.04. The number of thiophene rings is 1. The lowest BCUT2D eigenvalue weighted by molar-refractivity contribution is 0.416. The average molecular weight is 389 g/mol. The van der Waals surface area contributed by atoms with E-state index < -0.39 is 10.0 Å². The molecule has 3 aromatic rings. The van der Waals surface area contributed by atoms with Crippen molar-refractivity contribution in [3.05, 3.63) is 65.0 Å². The van der Waals surface area contributed by atoms with E-state index in [1.807, 2.05) is 44.2 Å². The topological polar surface area (TPSA) is 67.4 Å². The van der Waals surface area contributed by atoms with Crippen LogP contribution in [0, 0.1) is 13.8 Å². The van der Waals surface area contributed by atoms with E-state index in [-0.39, 0.29) is 0 Å². The molecule has 7 heteroatoms. The predicted molar refractivity (Wildman–Crippen MR) is 107 cm³/mol. The first-order valence-corrected chi connectivity index (χ1v) is 10.3. The Morgan fingerprint density at radius 3 is 2.23 bits per heavy atom. The first kappa shape index (κ1) is 18.3. The van der Waals surface area contributed by atoms with E-state index in [9.17, 15) is 8.42 Å². The highest BCUT2D eigenvalue weighted by molar-refractivity contribution is 7.94. The van der Waals surface area contributed by atoms with Gasteiger partial charge in [-0.25, -0.2) is 8.42 Å². The Morgan fingerprint density at radius 1 is 0.923 bits per heavy atom. The molecule has 0 amide bonds. The van der Waals surface area contributed by atoms with Crippen LogP contribution in [0.1, 0.15) is 10.4 Å². The summed E-state index contributed by atoms with van der Waals surface area (Å²) in [6, 6.07) is 16.4. The minimum absolute atomic E-state index is 0.307. The fourth-order valence-corrected chi connectivity index (χ4v) is 4.80. The van der Waals surface area contributed by atoms with E-state index in [0.717, 1.165) is 27.6 Å². The molecule has 0 spiro atoms. The molecule has 0 radical (unpaired) electrons. The summed E-state index contributed by atoms with van der Waals surface area (Å²) in [5, 5.41) is 3.29. The zero-order valence-electron chi connectivity index (χ0n) is 14.7. The van der Waals surface area contributed by atoms with Gasteiger partial charge < -0.3 is 10.1 Å². The van der Waals surface area contributed by atoms with Crippen molar-refractivity contribution in [2.45, 2.75) is 18.1 Å². The molecule has 0 unspecified atom stereocenters. The van der Waals surface area contributed by atoms with Crippen LogP contribution in [-0.4, -0.2) is 15.5 Å². The molecule has 0 aliphatic rings. The first-order valence-electron chi connectivity index (χ1n) is 7.98. The number of anilines is 3. The molecule has 0 bridgehead atoms. The molecule has 0 fully saturated rings. The van der Waals surface area contributed by atoms with Crippen LogP contribution in [0.4, 0.5) is 17.1 Å². The Labute approximate surface area is 157 Å². The highest BCUT2D eigenvalue weighted by atomic mass is 32.2. The fourth-order valence-electron chi connectivity index (χ4n) is 2.46. The van der Waals surface area contributed by atoms with Crippen molar-refractivity contribution in [1.82, 2.24) is 0 Å². The van der Waals surface area contributed by atoms with Crippen LogP contribution in [0.15, 0.2) is 58.8 Å². The van der Waals surface area contributed by atoms with Crippen molar-refractivity contribution in [2.24, 2.45) is 0 Å². The van der Waals surface area contributed by atoms with Crippen molar-refractivity contribution in [3.63, 3.8) is 0 Å². The number of methoxy groups -OCH3 is 1. The maximum atomic E-state index is 12.4. The zero-order valence-corrected chi connectivity index (χ0v) is 16.4. The molecule has 1 heterocycles. The van der Waals surface area contributed by atoms with Crippen LogP contribution in [0.2, 0.25) is 0 Å². The zero-order chi connectivity index (χ0) is 18.7. The van der Waals surface area contributed by atoms with Crippen LogP contribution in [0.3, 0.4) is 0 Å². The van der Waals surface area contributed by atoms with Crippen molar-refractivity contribution in [2.75, 3.05) is 17.1 Å². The van der Waals surface area contributed by atoms with Crippen LogP contribution >= 0.6 is 11.3 Å². The van der Waals surface area contributed by atoms with E-state index >= 15 is 0 Å². The van der Waals surface area contributed by atoms with Gasteiger partial charge >= 0.3 is 0 Å². The van der Waals surface area contributed by atoms with Crippen molar-refractivity contribution < 1.29 is 13.2 Å². The van der Waals surface area contributed by atoms with Crippen LogP contribution in [0.5, 0.6) is 5.75 Å². The molecular formula is C19H20N2O3S2. The van der Waals surface area contributed by atoms with Crippen molar-refractivity contribution in [1.29, 1.82) is 0 Å². The van der Waals surface area contributed by atoms with Crippen molar-refractivity contribution in [3.8, 4) is 5.75 Å². The molecule has 0 saturated carbocycles. The lowest BCUT2D eigenvalue weighted by atomic mass is 10.2. The predicted octanol–water partition coefficient (Wildman–Crippen LogP) is 4.92. The highest BCUT2D eigenvalue weighted by Crippen LogP contribution is 2.29. The number of hydrogen-bond acceptors (Lipinski definition) is 5. The molecule has 2 N–H and O–H groups in total. The third-order valence-corrected chi connectivity index (χ3v) is 6.63. The van der Waals surface area contributed by atoms with E-state index in [0.29, 0.717) is 9.90 Å². The van der Waals surface area contributed by atoms with Gasteiger partial charge in [-0.3, -0.25) is 4.72 Å². The quantitative estimate of drug-likeness (QED) is 0.629. The molecule has 0 aliphatic heterocycles. The summed E-state index contributed by atoms with van der Waals surface area (Å²) in [5.41, 5.74) is 3.32. The summed E-state index contributed by atoms with van der Waals surface area (Å²) in [4.78, 5) is 0.956. The smallest absolute Gasteiger partial charge is 0.271 e. The first-order chi connectivity index (χ1) is 12.4. The summed E-state index contributed by atoms with van der Waals surface area (Å²) >= 11 is 1.25. The van der Waals surface area contributed by atoms with Crippen LogP contribution in [0.25, 0.3) is 0 Å². The SMILES string of the molecule is COc1ccc(C)cc1Nc1ccc(NS(=O)(=O)c2ccc(C)s2)cc1. The number of sulfonamides is 1. The fraction of sp³-hybridized carbons (Fsp3) is 0.158. The van der Waals surface area contributed by atoms with Gasteiger partial charge in [-0.2, -0.15) is 0 Å². The molecule has 26 heavy (non-hydrogen) atoms. The molecule has 5 nitrogen and oxygen atoms in total. The number of aryl methyl sites for hydroxylation is 2. The summed E-state index contributed by atoms with van der Waals surface area (Å²) < 4.78 is 33.0. The second-order valence-corrected chi connectivity index (χ2v) is 9.07. The Balaban J connectivity index is 1.76. The van der Waals surface area contributed by atoms with E-state index in [1.54, 1.807) is 31.4 Å². The van der Waals surface area contributed by atoms with Gasteiger partial charge in [0.15, 0.2) is 0 Å². The molecule has 0 atom stereocenters. The Kier molecular flexibility index (Phi) is 5.20. The van der Waals surface area contributed by atoms with Crippen LogP contribution < -0.4 is 14.8 Å². The van der Waals surface area contributed by atoms with Gasteiger partial charge in [0.1, 0.15) is 9.96 Å². The normalized spacial score (nSPS) is 11.2. The molecule has 0 aliphatic carbocycles. The number of rotatable bonds is 6.